The molecule has 3 heterocycles. The molecule has 1 amide bonds. The SMILES string of the molecule is CC(C)(C)OC(=O)N1CCC(c2ccc3nc(-c4cc(C(=O)c5ccccc5C(F)(F)F)cn4SF)n(SF)c3c2)C1. The minimum Gasteiger partial charge on any atom is -0.444 e. The van der Waals surface area contributed by atoms with Crippen LogP contribution >= 0.6 is 24.7 Å². The third-order valence-corrected chi connectivity index (χ3v) is 7.80. The fourth-order valence-corrected chi connectivity index (χ4v) is 5.74. The van der Waals surface area contributed by atoms with Crippen LogP contribution in [0.1, 0.15) is 60.2 Å². The van der Waals surface area contributed by atoms with Gasteiger partial charge in [0.15, 0.2) is 36.3 Å². The van der Waals surface area contributed by atoms with Gasteiger partial charge in [-0.2, -0.15) is 13.2 Å². The van der Waals surface area contributed by atoms with Crippen LogP contribution in [0, 0.1) is 0 Å². The Hall–Kier alpha value is -3.52. The lowest BCUT2D eigenvalue weighted by Gasteiger charge is -2.24. The lowest BCUT2D eigenvalue weighted by atomic mass is 9.98. The summed E-state index contributed by atoms with van der Waals surface area (Å²) >= 11 is -0.480. The summed E-state index contributed by atoms with van der Waals surface area (Å²) in [6, 6.07) is 10.7. The second kappa shape index (κ2) is 11.3. The number of hydrogen-bond acceptors (Lipinski definition) is 6. The van der Waals surface area contributed by atoms with Crippen molar-refractivity contribution in [1.29, 1.82) is 0 Å². The van der Waals surface area contributed by atoms with Crippen molar-refractivity contribution < 1.29 is 35.3 Å². The highest BCUT2D eigenvalue weighted by molar-refractivity contribution is 7.93. The smallest absolute Gasteiger partial charge is 0.417 e. The van der Waals surface area contributed by atoms with Gasteiger partial charge in [-0.3, -0.25) is 8.77 Å². The zero-order chi connectivity index (χ0) is 30.4. The Balaban J connectivity index is 1.48. The van der Waals surface area contributed by atoms with E-state index in [2.05, 4.69) is 4.98 Å². The molecule has 222 valence electrons. The van der Waals surface area contributed by atoms with E-state index in [4.69, 9.17) is 4.74 Å². The summed E-state index contributed by atoms with van der Waals surface area (Å²) in [5.41, 5.74) is -0.980. The second-order valence-electron chi connectivity index (χ2n) is 10.8. The molecule has 42 heavy (non-hydrogen) atoms. The van der Waals surface area contributed by atoms with Gasteiger partial charge in [0.1, 0.15) is 5.60 Å². The molecule has 2 aromatic carbocycles. The monoisotopic (exact) mass is 624 g/mol. The molecule has 0 bridgehead atoms. The Bertz CT molecular complexity index is 1660. The highest BCUT2D eigenvalue weighted by Crippen LogP contribution is 2.37. The number of ketones is 1. The maximum absolute atomic E-state index is 14.4. The van der Waals surface area contributed by atoms with E-state index in [-0.39, 0.29) is 47.7 Å². The molecular formula is C28H25F5N4O3S2. The number of nitrogens with zero attached hydrogens (tertiary/aromatic N) is 4. The normalized spacial score (nSPS) is 15.9. The number of ether oxygens (including phenoxy) is 1. The number of hydrogen-bond donors (Lipinski definition) is 0. The molecule has 0 aliphatic carbocycles. The van der Waals surface area contributed by atoms with Crippen molar-refractivity contribution >= 4 is 47.6 Å². The lowest BCUT2D eigenvalue weighted by Crippen LogP contribution is -2.35. The summed E-state index contributed by atoms with van der Waals surface area (Å²) in [5.74, 6) is -1.04. The topological polar surface area (TPSA) is 69.4 Å². The molecule has 0 radical (unpaired) electrons. The van der Waals surface area contributed by atoms with E-state index in [0.29, 0.717) is 30.5 Å². The molecule has 1 unspecified atom stereocenters. The third kappa shape index (κ3) is 5.87. The fourth-order valence-electron chi connectivity index (χ4n) is 4.95. The Labute approximate surface area is 246 Å². The first-order valence-corrected chi connectivity index (χ1v) is 14.2. The van der Waals surface area contributed by atoms with E-state index in [9.17, 15) is 30.5 Å². The number of benzene rings is 2. The number of aromatic nitrogens is 3. The Kier molecular flexibility index (Phi) is 8.05. The largest absolute Gasteiger partial charge is 0.444 e. The van der Waals surface area contributed by atoms with Gasteiger partial charge in [-0.05, 0) is 57.0 Å². The molecule has 1 fully saturated rings. The highest BCUT2D eigenvalue weighted by atomic mass is 32.2. The van der Waals surface area contributed by atoms with Gasteiger partial charge < -0.3 is 9.64 Å². The summed E-state index contributed by atoms with van der Waals surface area (Å²) in [4.78, 5) is 31.7. The first-order valence-electron chi connectivity index (χ1n) is 12.8. The molecule has 4 aromatic rings. The zero-order valence-corrected chi connectivity index (χ0v) is 24.2. The van der Waals surface area contributed by atoms with Crippen LogP contribution in [-0.4, -0.2) is 48.4 Å². The summed E-state index contributed by atoms with van der Waals surface area (Å²) < 4.78 is 76.4. The summed E-state index contributed by atoms with van der Waals surface area (Å²) in [6.07, 6.45) is -3.46. The zero-order valence-electron chi connectivity index (χ0n) is 22.6. The van der Waals surface area contributed by atoms with Crippen molar-refractivity contribution in [3.8, 4) is 11.5 Å². The molecule has 14 heteroatoms. The summed E-state index contributed by atoms with van der Waals surface area (Å²) in [6.45, 7) is 6.28. The molecular weight excluding hydrogens is 599 g/mol. The number of imidazole rings is 1. The Morgan fingerprint density at radius 1 is 1.02 bits per heavy atom. The van der Waals surface area contributed by atoms with Crippen molar-refractivity contribution in [3.05, 3.63) is 77.0 Å². The maximum atomic E-state index is 14.4. The minimum atomic E-state index is -4.77. The van der Waals surface area contributed by atoms with E-state index in [1.807, 2.05) is 6.07 Å². The third-order valence-electron chi connectivity index (χ3n) is 6.85. The predicted molar refractivity (Wildman–Crippen MR) is 151 cm³/mol. The van der Waals surface area contributed by atoms with Crippen LogP contribution in [0.15, 0.2) is 54.7 Å². The number of likely N-dealkylation sites (tertiary alicyclic amines) is 1. The lowest BCUT2D eigenvalue weighted by molar-refractivity contribution is -0.137. The average Bonchev–Trinajstić information content (AvgIpc) is 3.67. The summed E-state index contributed by atoms with van der Waals surface area (Å²) in [5, 5.41) is 0. The van der Waals surface area contributed by atoms with Gasteiger partial charge >= 0.3 is 12.3 Å². The Morgan fingerprint density at radius 3 is 2.43 bits per heavy atom. The molecule has 1 atom stereocenters. The van der Waals surface area contributed by atoms with Gasteiger partial charge in [-0.1, -0.05) is 24.3 Å². The van der Waals surface area contributed by atoms with Gasteiger partial charge in [-0.15, -0.1) is 7.77 Å². The Morgan fingerprint density at radius 2 is 1.76 bits per heavy atom. The number of fused-ring (bicyclic) bond motifs is 1. The number of carbonyl (C=O) groups excluding carboxylic acids is 2. The van der Waals surface area contributed by atoms with Crippen LogP contribution in [0.3, 0.4) is 0 Å². The van der Waals surface area contributed by atoms with Crippen molar-refractivity contribution in [3.63, 3.8) is 0 Å². The molecule has 0 N–H and O–H groups in total. The molecule has 0 spiro atoms. The van der Waals surface area contributed by atoms with E-state index in [1.54, 1.807) is 37.8 Å². The average molecular weight is 625 g/mol. The molecule has 2 aromatic heterocycles. The van der Waals surface area contributed by atoms with Gasteiger partial charge in [0.05, 0.1) is 22.3 Å². The number of halogens is 5. The minimum absolute atomic E-state index is 0.0183. The van der Waals surface area contributed by atoms with Crippen LogP contribution in [0.5, 0.6) is 0 Å². The number of carbonyl (C=O) groups is 2. The van der Waals surface area contributed by atoms with Crippen molar-refractivity contribution in [2.75, 3.05) is 13.1 Å². The molecule has 1 aliphatic rings. The first-order chi connectivity index (χ1) is 19.8. The van der Waals surface area contributed by atoms with E-state index < -0.39 is 34.8 Å². The molecule has 1 aliphatic heterocycles. The quantitative estimate of drug-likeness (QED) is 0.159. The second-order valence-corrected chi connectivity index (χ2v) is 11.9. The number of amides is 1. The number of rotatable bonds is 6. The van der Waals surface area contributed by atoms with Crippen LogP contribution in [0.4, 0.5) is 25.7 Å². The van der Waals surface area contributed by atoms with Gasteiger partial charge in [-0.25, -0.2) is 13.8 Å². The first kappa shape index (κ1) is 30.0. The van der Waals surface area contributed by atoms with Crippen molar-refractivity contribution in [1.82, 2.24) is 17.8 Å². The van der Waals surface area contributed by atoms with Crippen LogP contribution < -0.4 is 0 Å². The van der Waals surface area contributed by atoms with Gasteiger partial charge in [0.2, 0.25) is 0 Å². The number of alkyl halides is 3. The standard InChI is InChI=1S/C28H25F5N4O3S2/c1-27(2,3)40-26(39)35-11-10-17(14-35)16-8-9-21-22(12-16)37(42-33)25(34-21)23-13-18(15-36(23)41-32)24(38)19-6-4-5-7-20(19)28(29,30)31/h4-9,12-13,15,17H,10-11,14H2,1-3H3. The van der Waals surface area contributed by atoms with Crippen LogP contribution in [-0.2, 0) is 10.9 Å². The molecule has 7 nitrogen and oxygen atoms in total. The molecule has 1 saturated heterocycles. The molecule has 0 saturated carbocycles. The maximum Gasteiger partial charge on any atom is 0.417 e. The highest BCUT2D eigenvalue weighted by Gasteiger charge is 2.36. The summed E-state index contributed by atoms with van der Waals surface area (Å²) in [7, 11) is 0. The van der Waals surface area contributed by atoms with E-state index in [1.165, 1.54) is 18.2 Å². The van der Waals surface area contributed by atoms with Crippen LogP contribution in [0.2, 0.25) is 0 Å². The van der Waals surface area contributed by atoms with E-state index in [0.717, 1.165) is 31.8 Å². The molecule has 5 rings (SSSR count). The predicted octanol–water partition coefficient (Wildman–Crippen LogP) is 8.24. The van der Waals surface area contributed by atoms with Crippen LogP contribution in [0.25, 0.3) is 22.6 Å². The van der Waals surface area contributed by atoms with E-state index >= 15 is 0 Å². The van der Waals surface area contributed by atoms with Crippen molar-refractivity contribution in [2.45, 2.75) is 44.9 Å². The van der Waals surface area contributed by atoms with Gasteiger partial charge in [0, 0.05) is 36.3 Å². The van der Waals surface area contributed by atoms with Crippen molar-refractivity contribution in [2.24, 2.45) is 0 Å². The fraction of sp³-hybridized carbons (Fsp3) is 0.321. The van der Waals surface area contributed by atoms with Gasteiger partial charge in [0.25, 0.3) is 0 Å².